The quantitative estimate of drug-likeness (QED) is 0.853. The predicted octanol–water partition coefficient (Wildman–Crippen LogP) is 3.74. The number of hydrogen-bond donors (Lipinski definition) is 2. The summed E-state index contributed by atoms with van der Waals surface area (Å²) in [5.41, 5.74) is 0.763. The lowest BCUT2D eigenvalue weighted by atomic mass is 9.88. The number of nitrogens with one attached hydrogen (secondary N) is 2. The van der Waals surface area contributed by atoms with Crippen LogP contribution in [0.1, 0.15) is 61.8 Å². The van der Waals surface area contributed by atoms with E-state index in [1.807, 2.05) is 20.8 Å². The summed E-state index contributed by atoms with van der Waals surface area (Å²) in [6.07, 6.45) is 1.86. The number of anilines is 1. The fourth-order valence-electron chi connectivity index (χ4n) is 2.69. The summed E-state index contributed by atoms with van der Waals surface area (Å²) in [4.78, 5) is 37.8. The summed E-state index contributed by atoms with van der Waals surface area (Å²) in [5.74, 6) is -0.141. The number of hydrogen-bond acceptors (Lipinski definition) is 5. The molecular formula is C18H26N2O4S. The fourth-order valence-corrected chi connectivity index (χ4v) is 4.10. The first-order valence-electron chi connectivity index (χ1n) is 8.57. The van der Waals surface area contributed by atoms with Gasteiger partial charge in [0.2, 0.25) is 5.91 Å². The van der Waals surface area contributed by atoms with E-state index in [1.54, 1.807) is 6.92 Å². The maximum atomic E-state index is 12.6. The third kappa shape index (κ3) is 4.60. The molecule has 1 atom stereocenters. The van der Waals surface area contributed by atoms with Crippen LogP contribution in [-0.2, 0) is 22.4 Å². The summed E-state index contributed by atoms with van der Waals surface area (Å²) in [6.45, 7) is 9.48. The zero-order valence-electron chi connectivity index (χ0n) is 15.4. The Kier molecular flexibility index (Phi) is 5.87. The lowest BCUT2D eigenvalue weighted by molar-refractivity contribution is -0.123. The topological polar surface area (TPSA) is 84.5 Å². The molecule has 0 aromatic carbocycles. The Balaban J connectivity index is 2.36. The zero-order chi connectivity index (χ0) is 18.8. The number of imide groups is 1. The third-order valence-corrected chi connectivity index (χ3v) is 5.31. The van der Waals surface area contributed by atoms with Gasteiger partial charge in [-0.05, 0) is 37.7 Å². The number of alkyl carbamates (subject to hydrolysis) is 1. The Bertz CT molecular complexity index is 688. The smallest absolute Gasteiger partial charge is 0.414 e. The monoisotopic (exact) mass is 366 g/mol. The molecule has 1 aromatic rings. The first kappa shape index (κ1) is 19.4. The normalized spacial score (nSPS) is 16.8. The highest BCUT2D eigenvalue weighted by Gasteiger charge is 2.31. The Morgan fingerprint density at radius 2 is 1.96 bits per heavy atom. The van der Waals surface area contributed by atoms with Gasteiger partial charge in [-0.15, -0.1) is 11.3 Å². The standard InChI is InChI=1S/C18H26N2O4S/c1-6-24-17(23)19-14(21)13-11-8-7-10(2)9-12(11)25-15(13)20-16(22)18(3,4)5/h10H,6-9H2,1-5H3,(H,20,22)(H,19,21,23)/t10-/m1/s1. The van der Waals surface area contributed by atoms with E-state index >= 15 is 0 Å². The molecule has 0 aliphatic heterocycles. The molecule has 1 aliphatic rings. The van der Waals surface area contributed by atoms with Gasteiger partial charge in [-0.1, -0.05) is 27.7 Å². The number of thiophene rings is 1. The van der Waals surface area contributed by atoms with E-state index in [0.29, 0.717) is 16.5 Å². The highest BCUT2D eigenvalue weighted by atomic mass is 32.1. The minimum absolute atomic E-state index is 0.163. The van der Waals surface area contributed by atoms with Gasteiger partial charge in [0.25, 0.3) is 5.91 Å². The van der Waals surface area contributed by atoms with Crippen molar-refractivity contribution in [2.24, 2.45) is 11.3 Å². The van der Waals surface area contributed by atoms with Crippen LogP contribution < -0.4 is 10.6 Å². The summed E-state index contributed by atoms with van der Waals surface area (Å²) < 4.78 is 4.79. The maximum Gasteiger partial charge on any atom is 0.414 e. The van der Waals surface area contributed by atoms with Crippen LogP contribution in [0, 0.1) is 11.3 Å². The van der Waals surface area contributed by atoms with Crippen LogP contribution in [0.5, 0.6) is 0 Å². The van der Waals surface area contributed by atoms with Crippen molar-refractivity contribution in [1.29, 1.82) is 0 Å². The molecule has 0 fully saturated rings. The number of carbonyl (C=O) groups is 3. The van der Waals surface area contributed by atoms with Gasteiger partial charge in [-0.2, -0.15) is 0 Å². The van der Waals surface area contributed by atoms with Gasteiger partial charge in [-0.3, -0.25) is 14.9 Å². The zero-order valence-corrected chi connectivity index (χ0v) is 16.3. The van der Waals surface area contributed by atoms with Crippen molar-refractivity contribution < 1.29 is 19.1 Å². The number of ether oxygens (including phenoxy) is 1. The van der Waals surface area contributed by atoms with E-state index in [2.05, 4.69) is 17.6 Å². The van der Waals surface area contributed by atoms with Crippen molar-refractivity contribution in [3.63, 3.8) is 0 Å². The van der Waals surface area contributed by atoms with Gasteiger partial charge in [0.05, 0.1) is 12.2 Å². The molecule has 0 saturated carbocycles. The lowest BCUT2D eigenvalue weighted by Crippen LogP contribution is -2.33. The van der Waals surface area contributed by atoms with Crippen molar-refractivity contribution in [2.75, 3.05) is 11.9 Å². The van der Waals surface area contributed by atoms with Crippen LogP contribution in [0.3, 0.4) is 0 Å². The van der Waals surface area contributed by atoms with Gasteiger partial charge in [0.1, 0.15) is 5.00 Å². The van der Waals surface area contributed by atoms with E-state index < -0.39 is 17.4 Å². The van der Waals surface area contributed by atoms with Gasteiger partial charge in [0.15, 0.2) is 0 Å². The molecule has 138 valence electrons. The second-order valence-corrected chi connectivity index (χ2v) is 8.54. The average molecular weight is 366 g/mol. The van der Waals surface area contributed by atoms with Crippen molar-refractivity contribution in [3.05, 3.63) is 16.0 Å². The average Bonchev–Trinajstić information content (AvgIpc) is 2.83. The molecule has 1 aromatic heterocycles. The van der Waals surface area contributed by atoms with E-state index in [9.17, 15) is 14.4 Å². The largest absolute Gasteiger partial charge is 0.450 e. The molecule has 6 nitrogen and oxygen atoms in total. The molecule has 1 aliphatic carbocycles. The third-order valence-electron chi connectivity index (χ3n) is 4.14. The Morgan fingerprint density at radius 1 is 1.28 bits per heavy atom. The van der Waals surface area contributed by atoms with Gasteiger partial charge in [0, 0.05) is 10.3 Å². The molecule has 0 radical (unpaired) electrons. The number of rotatable bonds is 3. The number of carbonyl (C=O) groups excluding carboxylic acids is 3. The second kappa shape index (κ2) is 7.56. The number of fused-ring (bicyclic) bond motifs is 1. The molecular weight excluding hydrogens is 340 g/mol. The van der Waals surface area contributed by atoms with E-state index in [4.69, 9.17) is 4.74 Å². The van der Waals surface area contributed by atoms with Crippen LogP contribution in [0.2, 0.25) is 0 Å². The molecule has 25 heavy (non-hydrogen) atoms. The van der Waals surface area contributed by atoms with E-state index in [0.717, 1.165) is 29.7 Å². The second-order valence-electron chi connectivity index (χ2n) is 7.43. The molecule has 0 spiro atoms. The Hall–Kier alpha value is -1.89. The first-order chi connectivity index (χ1) is 11.6. The minimum atomic E-state index is -0.773. The van der Waals surface area contributed by atoms with E-state index in [-0.39, 0.29) is 12.5 Å². The van der Waals surface area contributed by atoms with Crippen LogP contribution in [0.4, 0.5) is 9.80 Å². The first-order valence-corrected chi connectivity index (χ1v) is 9.39. The molecule has 2 rings (SSSR count). The lowest BCUT2D eigenvalue weighted by Gasteiger charge is -2.19. The Labute approximate surface area is 152 Å². The van der Waals surface area contributed by atoms with Crippen molar-refractivity contribution >= 4 is 34.2 Å². The molecule has 2 N–H and O–H groups in total. The highest BCUT2D eigenvalue weighted by molar-refractivity contribution is 7.17. The van der Waals surface area contributed by atoms with Crippen LogP contribution in [0.25, 0.3) is 0 Å². The minimum Gasteiger partial charge on any atom is -0.450 e. The fraction of sp³-hybridized carbons (Fsp3) is 0.611. The van der Waals surface area contributed by atoms with Gasteiger partial charge >= 0.3 is 6.09 Å². The van der Waals surface area contributed by atoms with Gasteiger partial charge in [-0.25, -0.2) is 4.79 Å². The van der Waals surface area contributed by atoms with Crippen LogP contribution in [-0.4, -0.2) is 24.5 Å². The van der Waals surface area contributed by atoms with Crippen molar-refractivity contribution in [3.8, 4) is 0 Å². The van der Waals surface area contributed by atoms with Crippen LogP contribution >= 0.6 is 11.3 Å². The molecule has 1 heterocycles. The summed E-state index contributed by atoms with van der Waals surface area (Å²) in [7, 11) is 0. The van der Waals surface area contributed by atoms with E-state index in [1.165, 1.54) is 11.3 Å². The molecule has 0 saturated heterocycles. The highest BCUT2D eigenvalue weighted by Crippen LogP contribution is 2.40. The molecule has 7 heteroatoms. The van der Waals surface area contributed by atoms with Crippen molar-refractivity contribution in [1.82, 2.24) is 5.32 Å². The molecule has 3 amide bonds. The molecule has 0 bridgehead atoms. The maximum absolute atomic E-state index is 12.6. The van der Waals surface area contributed by atoms with Crippen molar-refractivity contribution in [2.45, 2.75) is 53.9 Å². The summed E-state index contributed by atoms with van der Waals surface area (Å²) in [6, 6.07) is 0. The van der Waals surface area contributed by atoms with Gasteiger partial charge < -0.3 is 10.1 Å². The SMILES string of the molecule is CCOC(=O)NC(=O)c1c(NC(=O)C(C)(C)C)sc2c1CC[C@@H](C)C2. The molecule has 0 unspecified atom stereocenters. The Morgan fingerprint density at radius 3 is 2.56 bits per heavy atom. The number of amides is 3. The summed E-state index contributed by atoms with van der Waals surface area (Å²) in [5, 5.41) is 5.64. The predicted molar refractivity (Wildman–Crippen MR) is 98.1 cm³/mol. The summed E-state index contributed by atoms with van der Waals surface area (Å²) >= 11 is 1.43. The van der Waals surface area contributed by atoms with Crippen LogP contribution in [0.15, 0.2) is 0 Å².